The molecule has 8 nitrogen and oxygen atoms in total. The molecule has 1 aliphatic heterocycles. The first-order chi connectivity index (χ1) is 17.3. The number of benzene rings is 2. The van der Waals surface area contributed by atoms with E-state index >= 15 is 0 Å². The largest absolute Gasteiger partial charge is 0.390 e. The monoisotopic (exact) mass is 527 g/mol. The second kappa shape index (κ2) is 10.5. The van der Waals surface area contributed by atoms with Crippen LogP contribution >= 0.6 is 0 Å². The first kappa shape index (κ1) is 26.0. The van der Waals surface area contributed by atoms with E-state index in [-0.39, 0.29) is 21.1 Å². The molecule has 4 aromatic rings. The summed E-state index contributed by atoms with van der Waals surface area (Å²) in [7, 11) is -7.52. The number of hydrogen-bond acceptors (Lipinski definition) is 6. The number of aliphatic hydroxyl groups is 1. The van der Waals surface area contributed by atoms with Crippen LogP contribution in [0.2, 0.25) is 0 Å². The average Bonchev–Trinajstić information content (AvgIpc) is 3.59. The highest BCUT2D eigenvalue weighted by Crippen LogP contribution is 2.33. The normalized spacial score (nSPS) is 14.5. The molecule has 10 heteroatoms. The van der Waals surface area contributed by atoms with Gasteiger partial charge >= 0.3 is 0 Å². The molecule has 0 aliphatic carbocycles. The number of nitrogens with zero attached hydrogens (tertiary/aromatic N) is 3. The summed E-state index contributed by atoms with van der Waals surface area (Å²) >= 11 is 0. The number of hydrogen-bond donors (Lipinski definition) is 1. The van der Waals surface area contributed by atoms with Crippen molar-refractivity contribution in [3.05, 3.63) is 78.6 Å². The number of aliphatic hydroxyl groups excluding tert-OH is 1. The number of fused-ring (bicyclic) bond motifs is 1. The predicted molar refractivity (Wildman–Crippen MR) is 139 cm³/mol. The lowest BCUT2D eigenvalue weighted by Gasteiger charge is -2.15. The molecule has 1 fully saturated rings. The molecule has 2 aromatic heterocycles. The van der Waals surface area contributed by atoms with E-state index in [4.69, 9.17) is 0 Å². The topological polar surface area (TPSA) is 110 Å². The van der Waals surface area contributed by atoms with Crippen LogP contribution in [0, 0.1) is 0 Å². The van der Waals surface area contributed by atoms with Gasteiger partial charge in [0.05, 0.1) is 22.1 Å². The Bertz CT molecular complexity index is 1560. The summed E-state index contributed by atoms with van der Waals surface area (Å²) in [4.78, 5) is 4.62. The van der Waals surface area contributed by atoms with E-state index in [0.29, 0.717) is 29.6 Å². The maximum Gasteiger partial charge on any atom is 0.269 e. The van der Waals surface area contributed by atoms with Gasteiger partial charge in [0, 0.05) is 24.7 Å². The minimum atomic E-state index is -3.99. The van der Waals surface area contributed by atoms with Crippen molar-refractivity contribution >= 4 is 31.1 Å². The molecule has 0 spiro atoms. The maximum atomic E-state index is 13.4. The Morgan fingerprint density at radius 3 is 2.06 bits per heavy atom. The van der Waals surface area contributed by atoms with E-state index in [1.54, 1.807) is 54.6 Å². The standard InChI is InChI=1S/C24H23N3O5S2.C2H6/c28-17-19-16-23-22(18-8-10-21(11-9-18)33(29,30)26-14-4-5-15-26)12-13-25-24(23)27(19)34(31,32)20-6-2-1-3-7-20;1-2/h1-3,6-13,16,28H,4-5,14-15,17H2;1-2H3. The fourth-order valence-corrected chi connectivity index (χ4v) is 7.36. The lowest BCUT2D eigenvalue weighted by molar-refractivity contribution is 0.276. The number of pyridine rings is 1. The van der Waals surface area contributed by atoms with Gasteiger partial charge in [-0.15, -0.1) is 0 Å². The second-order valence-electron chi connectivity index (χ2n) is 8.11. The van der Waals surface area contributed by atoms with E-state index < -0.39 is 26.7 Å². The van der Waals surface area contributed by atoms with Crippen molar-refractivity contribution in [3.63, 3.8) is 0 Å². The molecular weight excluding hydrogens is 498 g/mol. The van der Waals surface area contributed by atoms with Gasteiger partial charge in [0.15, 0.2) is 5.65 Å². The first-order valence-corrected chi connectivity index (χ1v) is 14.7. The Hall–Kier alpha value is -3.05. The lowest BCUT2D eigenvalue weighted by Crippen LogP contribution is -2.27. The Balaban J connectivity index is 0.00000148. The van der Waals surface area contributed by atoms with Crippen LogP contribution in [-0.2, 0) is 26.7 Å². The molecule has 3 heterocycles. The number of rotatable bonds is 6. The summed E-state index contributed by atoms with van der Waals surface area (Å²) in [6.07, 6.45) is 3.23. The highest BCUT2D eigenvalue weighted by Gasteiger charge is 2.28. The molecule has 0 unspecified atom stereocenters. The van der Waals surface area contributed by atoms with Crippen molar-refractivity contribution in [1.82, 2.24) is 13.3 Å². The Morgan fingerprint density at radius 2 is 1.44 bits per heavy atom. The SMILES string of the molecule is CC.O=S(=O)(c1ccc(-c2ccnc3c2cc(CO)n3S(=O)(=O)c2ccccc2)cc1)N1CCCC1. The molecule has 0 saturated carbocycles. The van der Waals surface area contributed by atoms with Crippen molar-refractivity contribution in [2.24, 2.45) is 0 Å². The highest BCUT2D eigenvalue weighted by atomic mass is 32.2. The quantitative estimate of drug-likeness (QED) is 0.402. The summed E-state index contributed by atoms with van der Waals surface area (Å²) in [5.41, 5.74) is 1.78. The van der Waals surface area contributed by atoms with Crippen molar-refractivity contribution in [3.8, 4) is 11.1 Å². The van der Waals surface area contributed by atoms with E-state index in [1.807, 2.05) is 13.8 Å². The van der Waals surface area contributed by atoms with Crippen LogP contribution in [0.3, 0.4) is 0 Å². The molecular formula is C26H29N3O5S2. The summed E-state index contributed by atoms with van der Waals surface area (Å²) in [6.45, 7) is 4.57. The fourth-order valence-electron chi connectivity index (χ4n) is 4.34. The van der Waals surface area contributed by atoms with Gasteiger partial charge in [0.25, 0.3) is 10.0 Å². The second-order valence-corrected chi connectivity index (χ2v) is 11.8. The zero-order chi connectivity index (χ0) is 25.9. The van der Waals surface area contributed by atoms with Crippen molar-refractivity contribution in [2.75, 3.05) is 13.1 Å². The Morgan fingerprint density at radius 1 is 0.833 bits per heavy atom. The van der Waals surface area contributed by atoms with E-state index in [9.17, 15) is 21.9 Å². The van der Waals surface area contributed by atoms with Gasteiger partial charge < -0.3 is 5.11 Å². The lowest BCUT2D eigenvalue weighted by atomic mass is 10.0. The van der Waals surface area contributed by atoms with Gasteiger partial charge in [0.1, 0.15) is 0 Å². The average molecular weight is 528 g/mol. The molecule has 0 atom stereocenters. The summed E-state index contributed by atoms with van der Waals surface area (Å²) in [6, 6.07) is 17.9. The van der Waals surface area contributed by atoms with Crippen LogP contribution in [0.1, 0.15) is 32.4 Å². The smallest absolute Gasteiger partial charge is 0.269 e. The zero-order valence-corrected chi connectivity index (χ0v) is 21.8. The molecule has 5 rings (SSSR count). The van der Waals surface area contributed by atoms with Crippen LogP contribution in [0.15, 0.2) is 82.7 Å². The third-order valence-corrected chi connectivity index (χ3v) is 9.71. The van der Waals surface area contributed by atoms with Gasteiger partial charge in [0.2, 0.25) is 10.0 Å². The first-order valence-electron chi connectivity index (χ1n) is 11.9. The van der Waals surface area contributed by atoms with Gasteiger partial charge in [-0.1, -0.05) is 44.2 Å². The van der Waals surface area contributed by atoms with Crippen LogP contribution < -0.4 is 0 Å². The fraction of sp³-hybridized carbons (Fsp3) is 0.269. The van der Waals surface area contributed by atoms with Gasteiger partial charge in [-0.2, -0.15) is 4.31 Å². The zero-order valence-electron chi connectivity index (χ0n) is 20.2. The third-order valence-electron chi connectivity index (χ3n) is 6.04. The van der Waals surface area contributed by atoms with Crippen molar-refractivity contribution in [2.45, 2.75) is 43.1 Å². The maximum absolute atomic E-state index is 13.4. The molecule has 0 amide bonds. The van der Waals surface area contributed by atoms with E-state index in [0.717, 1.165) is 16.8 Å². The molecule has 0 bridgehead atoms. The molecule has 0 radical (unpaired) electrons. The van der Waals surface area contributed by atoms with Crippen molar-refractivity contribution < 1.29 is 21.9 Å². The predicted octanol–water partition coefficient (Wildman–Crippen LogP) is 4.24. The number of aromatic nitrogens is 2. The van der Waals surface area contributed by atoms with Crippen LogP contribution in [0.4, 0.5) is 0 Å². The summed E-state index contributed by atoms with van der Waals surface area (Å²) < 4.78 is 55.0. The molecule has 1 aliphatic rings. The highest BCUT2D eigenvalue weighted by molar-refractivity contribution is 7.90. The van der Waals surface area contributed by atoms with Crippen LogP contribution in [0.25, 0.3) is 22.2 Å². The van der Waals surface area contributed by atoms with E-state index in [1.165, 1.54) is 22.6 Å². The van der Waals surface area contributed by atoms with Gasteiger partial charge in [-0.25, -0.2) is 25.8 Å². The summed E-state index contributed by atoms with van der Waals surface area (Å²) in [5, 5.41) is 10.5. The minimum Gasteiger partial charge on any atom is -0.390 e. The van der Waals surface area contributed by atoms with Gasteiger partial charge in [-0.3, -0.25) is 0 Å². The van der Waals surface area contributed by atoms with Gasteiger partial charge in [-0.05, 0) is 60.4 Å². The number of sulfonamides is 1. The molecule has 190 valence electrons. The molecule has 36 heavy (non-hydrogen) atoms. The van der Waals surface area contributed by atoms with Crippen LogP contribution in [0.5, 0.6) is 0 Å². The molecule has 1 N–H and O–H groups in total. The molecule has 2 aromatic carbocycles. The molecule has 1 saturated heterocycles. The Labute approximate surface area is 211 Å². The van der Waals surface area contributed by atoms with Crippen molar-refractivity contribution in [1.29, 1.82) is 0 Å². The summed E-state index contributed by atoms with van der Waals surface area (Å²) in [5.74, 6) is 0. The third kappa shape index (κ3) is 4.57. The Kier molecular flexibility index (Phi) is 7.60. The van der Waals surface area contributed by atoms with Crippen LogP contribution in [-0.4, -0.2) is 48.3 Å². The minimum absolute atomic E-state index is 0.0888. The van der Waals surface area contributed by atoms with E-state index in [2.05, 4.69) is 4.98 Å².